The van der Waals surface area contributed by atoms with E-state index >= 15 is 0 Å². The van der Waals surface area contributed by atoms with Gasteiger partial charge in [-0.2, -0.15) is 13.2 Å². The van der Waals surface area contributed by atoms with Crippen LogP contribution in [0.4, 0.5) is 17.6 Å². The third-order valence-corrected chi connectivity index (χ3v) is 5.68. The molecule has 29 heavy (non-hydrogen) atoms. The molecule has 0 saturated heterocycles. The number of carbonyl (C=O) groups excluding carboxylic acids is 1. The summed E-state index contributed by atoms with van der Waals surface area (Å²) >= 11 is 12.5. The first-order chi connectivity index (χ1) is 13.6. The van der Waals surface area contributed by atoms with Gasteiger partial charge in [0.25, 0.3) is 0 Å². The van der Waals surface area contributed by atoms with Gasteiger partial charge in [0, 0.05) is 17.6 Å². The first-order valence-electron chi connectivity index (χ1n) is 8.96. The molecule has 3 aromatic rings. The molecule has 2 aromatic carbocycles. The Hall–Kier alpha value is -2.05. The zero-order chi connectivity index (χ0) is 21.5. The van der Waals surface area contributed by atoms with E-state index in [-0.39, 0.29) is 10.6 Å². The molecule has 154 valence electrons. The lowest BCUT2D eigenvalue weighted by Gasteiger charge is -2.11. The maximum absolute atomic E-state index is 14.6. The number of ketones is 1. The van der Waals surface area contributed by atoms with Crippen LogP contribution in [0.25, 0.3) is 10.9 Å². The van der Waals surface area contributed by atoms with Crippen LogP contribution in [0.1, 0.15) is 46.9 Å². The summed E-state index contributed by atoms with van der Waals surface area (Å²) in [6, 6.07) is 5.78. The highest BCUT2D eigenvalue weighted by Gasteiger charge is 2.36. The molecule has 8 heteroatoms. The zero-order valence-corrected chi connectivity index (χ0v) is 17.1. The fraction of sp³-hybridized carbons (Fsp3) is 0.286. The number of aryl methyl sites for hydroxylation is 1. The molecule has 1 aromatic heterocycles. The second-order valence-electron chi connectivity index (χ2n) is 6.72. The number of fused-ring (bicyclic) bond motifs is 1. The van der Waals surface area contributed by atoms with Crippen LogP contribution in [0.15, 0.2) is 30.3 Å². The number of nitrogens with zero attached hydrogens (tertiary/aromatic N) is 1. The van der Waals surface area contributed by atoms with Crippen LogP contribution in [-0.2, 0) is 12.7 Å². The van der Waals surface area contributed by atoms with Gasteiger partial charge < -0.3 is 4.57 Å². The molecule has 0 atom stereocenters. The fourth-order valence-electron chi connectivity index (χ4n) is 3.45. The van der Waals surface area contributed by atoms with E-state index in [0.717, 1.165) is 25.0 Å². The Bertz CT molecular complexity index is 1100. The van der Waals surface area contributed by atoms with Gasteiger partial charge in [-0.3, -0.25) is 4.79 Å². The summed E-state index contributed by atoms with van der Waals surface area (Å²) in [5.74, 6) is -2.41. The molecule has 0 N–H and O–H groups in total. The van der Waals surface area contributed by atoms with Crippen LogP contribution in [0.3, 0.4) is 0 Å². The van der Waals surface area contributed by atoms with Gasteiger partial charge in [-0.1, -0.05) is 48.7 Å². The van der Waals surface area contributed by atoms with Gasteiger partial charge in [-0.05, 0) is 31.5 Å². The summed E-state index contributed by atoms with van der Waals surface area (Å²) in [4.78, 5) is 13.2. The van der Waals surface area contributed by atoms with E-state index in [4.69, 9.17) is 23.2 Å². The Morgan fingerprint density at radius 2 is 1.83 bits per heavy atom. The van der Waals surface area contributed by atoms with E-state index in [1.807, 2.05) is 11.5 Å². The molecule has 0 aliphatic carbocycles. The van der Waals surface area contributed by atoms with Crippen molar-refractivity contribution in [1.82, 2.24) is 4.57 Å². The number of hydrogen-bond acceptors (Lipinski definition) is 1. The van der Waals surface area contributed by atoms with E-state index in [0.29, 0.717) is 34.2 Å². The first kappa shape index (κ1) is 21.7. The topological polar surface area (TPSA) is 22.0 Å². The van der Waals surface area contributed by atoms with Gasteiger partial charge in [0.05, 0.1) is 32.3 Å². The van der Waals surface area contributed by atoms with Crippen molar-refractivity contribution >= 4 is 39.9 Å². The maximum Gasteiger partial charge on any atom is 0.419 e. The van der Waals surface area contributed by atoms with Crippen molar-refractivity contribution in [3.8, 4) is 0 Å². The van der Waals surface area contributed by atoms with Crippen molar-refractivity contribution < 1.29 is 22.4 Å². The van der Waals surface area contributed by atoms with Gasteiger partial charge in [0.2, 0.25) is 0 Å². The summed E-state index contributed by atoms with van der Waals surface area (Å²) in [5, 5.41) is 0.959. The number of alkyl halides is 3. The van der Waals surface area contributed by atoms with Crippen molar-refractivity contribution in [1.29, 1.82) is 0 Å². The summed E-state index contributed by atoms with van der Waals surface area (Å²) in [5.41, 5.74) is -0.978. The molecular formula is C21H17Cl2F4NO. The quantitative estimate of drug-likeness (QED) is 0.295. The minimum atomic E-state index is -4.90. The van der Waals surface area contributed by atoms with Crippen LogP contribution < -0.4 is 0 Å². The molecule has 2 nitrogen and oxygen atoms in total. The molecule has 3 rings (SSSR count). The SMILES string of the molecule is CCCCn1c(C)c(C(=O)c2cccc(C(F)(F)F)c2F)c2ccc(Cl)c(Cl)c21. The van der Waals surface area contributed by atoms with E-state index in [2.05, 4.69) is 0 Å². The third kappa shape index (κ3) is 3.76. The smallest absolute Gasteiger partial charge is 0.343 e. The number of unbranched alkanes of at least 4 members (excludes halogenated alkanes) is 1. The van der Waals surface area contributed by atoms with Crippen molar-refractivity contribution in [2.75, 3.05) is 0 Å². The molecule has 0 aliphatic heterocycles. The van der Waals surface area contributed by atoms with Crippen LogP contribution >= 0.6 is 23.2 Å². The highest BCUT2D eigenvalue weighted by Crippen LogP contribution is 2.38. The van der Waals surface area contributed by atoms with Gasteiger partial charge in [-0.25, -0.2) is 4.39 Å². The summed E-state index contributed by atoms with van der Waals surface area (Å²) in [7, 11) is 0. The molecule has 0 radical (unpaired) electrons. The van der Waals surface area contributed by atoms with Gasteiger partial charge in [-0.15, -0.1) is 0 Å². The molecule has 0 bridgehead atoms. The highest BCUT2D eigenvalue weighted by atomic mass is 35.5. The predicted molar refractivity (Wildman–Crippen MR) is 106 cm³/mol. The molecule has 0 unspecified atom stereocenters. The van der Waals surface area contributed by atoms with Crippen molar-refractivity contribution in [2.45, 2.75) is 39.4 Å². The molecule has 0 spiro atoms. The lowest BCUT2D eigenvalue weighted by molar-refractivity contribution is -0.140. The van der Waals surface area contributed by atoms with E-state index in [1.54, 1.807) is 13.0 Å². The monoisotopic (exact) mass is 445 g/mol. The van der Waals surface area contributed by atoms with Crippen LogP contribution in [0.5, 0.6) is 0 Å². The van der Waals surface area contributed by atoms with Crippen LogP contribution in [-0.4, -0.2) is 10.4 Å². The number of halogens is 6. The Balaban J connectivity index is 2.27. The lowest BCUT2D eigenvalue weighted by atomic mass is 9.98. The fourth-order valence-corrected chi connectivity index (χ4v) is 3.87. The number of benzene rings is 2. The normalized spacial score (nSPS) is 12.0. The number of rotatable bonds is 5. The van der Waals surface area contributed by atoms with Crippen molar-refractivity contribution in [3.05, 3.63) is 68.6 Å². The molecule has 1 heterocycles. The van der Waals surface area contributed by atoms with E-state index in [9.17, 15) is 22.4 Å². The zero-order valence-electron chi connectivity index (χ0n) is 15.6. The van der Waals surface area contributed by atoms with E-state index < -0.39 is 28.9 Å². The average Bonchev–Trinajstić information content (AvgIpc) is 2.93. The Morgan fingerprint density at radius 3 is 2.45 bits per heavy atom. The lowest BCUT2D eigenvalue weighted by Crippen LogP contribution is -2.13. The van der Waals surface area contributed by atoms with Crippen LogP contribution in [0, 0.1) is 12.7 Å². The Labute approximate surface area is 175 Å². The summed E-state index contributed by atoms with van der Waals surface area (Å²) in [6.45, 7) is 4.20. The van der Waals surface area contributed by atoms with Crippen LogP contribution in [0.2, 0.25) is 10.0 Å². The largest absolute Gasteiger partial charge is 0.419 e. The minimum absolute atomic E-state index is 0.118. The third-order valence-electron chi connectivity index (χ3n) is 4.89. The van der Waals surface area contributed by atoms with Gasteiger partial charge in [0.15, 0.2) is 5.78 Å². The van der Waals surface area contributed by atoms with Crippen molar-refractivity contribution in [3.63, 3.8) is 0 Å². The molecule has 0 fully saturated rings. The van der Waals surface area contributed by atoms with Gasteiger partial charge in [0.1, 0.15) is 5.82 Å². The maximum atomic E-state index is 14.6. The minimum Gasteiger partial charge on any atom is -0.343 e. The molecular weight excluding hydrogens is 429 g/mol. The van der Waals surface area contributed by atoms with Crippen molar-refractivity contribution in [2.24, 2.45) is 0 Å². The summed E-state index contributed by atoms with van der Waals surface area (Å²) < 4.78 is 55.6. The Morgan fingerprint density at radius 1 is 1.14 bits per heavy atom. The second-order valence-corrected chi connectivity index (χ2v) is 7.50. The van der Waals surface area contributed by atoms with E-state index in [1.165, 1.54) is 6.07 Å². The number of hydrogen-bond donors (Lipinski definition) is 0. The Kier molecular flexibility index (Phi) is 5.97. The predicted octanol–water partition coefficient (Wildman–Crippen LogP) is 7.45. The number of aromatic nitrogens is 1. The van der Waals surface area contributed by atoms with Gasteiger partial charge >= 0.3 is 6.18 Å². The summed E-state index contributed by atoms with van der Waals surface area (Å²) in [6.07, 6.45) is -3.23. The highest BCUT2D eigenvalue weighted by molar-refractivity contribution is 6.45. The first-order valence-corrected chi connectivity index (χ1v) is 9.72. The molecule has 0 amide bonds. The number of carbonyl (C=O) groups is 1. The second kappa shape index (κ2) is 8.00. The molecule has 0 aliphatic rings. The molecule has 0 saturated carbocycles. The standard InChI is InChI=1S/C21H17Cl2F4NO/c1-3-4-10-28-11(2)16(12-8-9-15(22)17(23)19(12)28)20(29)13-6-5-7-14(18(13)24)21(25,26)27/h5-9H,3-4,10H2,1-2H3. The average molecular weight is 446 g/mol.